The molecule has 0 aliphatic carbocycles. The fraction of sp³-hybridized carbons (Fsp3) is 0.300. The normalized spacial score (nSPS) is 12.8. The highest BCUT2D eigenvalue weighted by Gasteiger charge is 2.39. The standard InChI is InChI=1S/C20H26OSi/c1-20(2,3)22(4,5)19-17(12-9-13-18(19)21)15-14-16-10-7-6-8-11-16/h6-15,21H,1-5H3. The summed E-state index contributed by atoms with van der Waals surface area (Å²) >= 11 is 0. The summed E-state index contributed by atoms with van der Waals surface area (Å²) in [5.74, 6) is 0.432. The van der Waals surface area contributed by atoms with Gasteiger partial charge in [0, 0.05) is 0 Å². The molecule has 1 N–H and O–H groups in total. The Morgan fingerprint density at radius 1 is 0.864 bits per heavy atom. The molecular weight excluding hydrogens is 284 g/mol. The van der Waals surface area contributed by atoms with E-state index in [4.69, 9.17) is 0 Å². The van der Waals surface area contributed by atoms with Crippen molar-refractivity contribution in [3.8, 4) is 5.75 Å². The van der Waals surface area contributed by atoms with Gasteiger partial charge in [0.25, 0.3) is 0 Å². The molecule has 0 atom stereocenters. The first kappa shape index (κ1) is 16.6. The van der Waals surface area contributed by atoms with E-state index in [1.165, 1.54) is 5.56 Å². The quantitative estimate of drug-likeness (QED) is 0.604. The van der Waals surface area contributed by atoms with E-state index in [0.717, 1.165) is 10.8 Å². The van der Waals surface area contributed by atoms with E-state index in [1.807, 2.05) is 30.3 Å². The number of benzene rings is 2. The van der Waals surface area contributed by atoms with Gasteiger partial charge in [0.05, 0.1) is 8.07 Å². The van der Waals surface area contributed by atoms with E-state index in [-0.39, 0.29) is 5.04 Å². The van der Waals surface area contributed by atoms with E-state index in [0.29, 0.717) is 5.75 Å². The van der Waals surface area contributed by atoms with Crippen LogP contribution in [0.2, 0.25) is 18.1 Å². The van der Waals surface area contributed by atoms with Gasteiger partial charge >= 0.3 is 0 Å². The van der Waals surface area contributed by atoms with Crippen LogP contribution < -0.4 is 5.19 Å². The van der Waals surface area contributed by atoms with Gasteiger partial charge in [-0.05, 0) is 27.4 Å². The molecule has 0 unspecified atom stereocenters. The van der Waals surface area contributed by atoms with Crippen LogP contribution in [0.5, 0.6) is 5.75 Å². The third kappa shape index (κ3) is 3.33. The first-order chi connectivity index (χ1) is 10.2. The third-order valence-corrected chi connectivity index (χ3v) is 10.4. The predicted molar refractivity (Wildman–Crippen MR) is 100 cm³/mol. The van der Waals surface area contributed by atoms with Crippen LogP contribution in [-0.4, -0.2) is 13.2 Å². The van der Waals surface area contributed by atoms with Crippen molar-refractivity contribution in [1.29, 1.82) is 0 Å². The molecule has 0 fully saturated rings. The van der Waals surface area contributed by atoms with Gasteiger partial charge in [-0.15, -0.1) is 0 Å². The van der Waals surface area contributed by atoms with E-state index >= 15 is 0 Å². The maximum Gasteiger partial charge on any atom is 0.115 e. The minimum absolute atomic E-state index is 0.182. The number of rotatable bonds is 3. The molecule has 0 heterocycles. The molecule has 0 spiro atoms. The summed E-state index contributed by atoms with van der Waals surface area (Å²) in [7, 11) is -1.81. The second-order valence-corrected chi connectivity index (χ2v) is 12.6. The summed E-state index contributed by atoms with van der Waals surface area (Å²) in [6.07, 6.45) is 4.25. The summed E-state index contributed by atoms with van der Waals surface area (Å²) < 4.78 is 0. The Balaban J connectivity index is 2.50. The zero-order valence-electron chi connectivity index (χ0n) is 14.2. The average Bonchev–Trinajstić information content (AvgIpc) is 2.44. The Morgan fingerprint density at radius 3 is 2.09 bits per heavy atom. The largest absolute Gasteiger partial charge is 0.508 e. The molecule has 0 aromatic heterocycles. The maximum absolute atomic E-state index is 10.5. The molecule has 2 heteroatoms. The highest BCUT2D eigenvalue weighted by molar-refractivity contribution is 6.93. The van der Waals surface area contributed by atoms with Gasteiger partial charge in [0.2, 0.25) is 0 Å². The van der Waals surface area contributed by atoms with E-state index in [9.17, 15) is 5.11 Å². The van der Waals surface area contributed by atoms with Crippen LogP contribution >= 0.6 is 0 Å². The Morgan fingerprint density at radius 2 is 1.50 bits per heavy atom. The Kier molecular flexibility index (Phi) is 4.62. The molecule has 0 bridgehead atoms. The van der Waals surface area contributed by atoms with Crippen molar-refractivity contribution in [1.82, 2.24) is 0 Å². The third-order valence-electron chi connectivity index (χ3n) is 4.83. The minimum Gasteiger partial charge on any atom is -0.508 e. The van der Waals surface area contributed by atoms with Crippen LogP contribution in [0.25, 0.3) is 12.2 Å². The SMILES string of the molecule is CC(C)(C)[Si](C)(C)c1c(O)cccc1C=Cc1ccccc1. The molecule has 2 aromatic rings. The highest BCUT2D eigenvalue weighted by Crippen LogP contribution is 2.38. The monoisotopic (exact) mass is 310 g/mol. The number of hydrogen-bond donors (Lipinski definition) is 1. The van der Waals surface area contributed by atoms with Crippen molar-refractivity contribution in [2.75, 3.05) is 0 Å². The molecule has 0 saturated heterocycles. The zero-order chi connectivity index (χ0) is 16.4. The molecule has 0 radical (unpaired) electrons. The summed E-state index contributed by atoms with van der Waals surface area (Å²) in [5, 5.41) is 11.8. The molecule has 22 heavy (non-hydrogen) atoms. The van der Waals surface area contributed by atoms with Gasteiger partial charge < -0.3 is 5.11 Å². The molecule has 2 aromatic carbocycles. The number of hydrogen-bond acceptors (Lipinski definition) is 1. The van der Waals surface area contributed by atoms with Crippen molar-refractivity contribution in [3.63, 3.8) is 0 Å². The highest BCUT2D eigenvalue weighted by atomic mass is 28.3. The van der Waals surface area contributed by atoms with Crippen LogP contribution in [0.3, 0.4) is 0 Å². The average molecular weight is 311 g/mol. The second-order valence-electron chi connectivity index (χ2n) is 7.36. The molecule has 2 rings (SSSR count). The lowest BCUT2D eigenvalue weighted by atomic mass is 10.1. The first-order valence-electron chi connectivity index (χ1n) is 7.79. The van der Waals surface area contributed by atoms with Crippen LogP contribution in [0, 0.1) is 0 Å². The fourth-order valence-corrected chi connectivity index (χ4v) is 4.86. The summed E-state index contributed by atoms with van der Waals surface area (Å²) in [6.45, 7) is 11.5. The van der Waals surface area contributed by atoms with Crippen molar-refractivity contribution >= 4 is 25.4 Å². The number of aromatic hydroxyl groups is 1. The second kappa shape index (κ2) is 6.13. The number of phenolic OH excluding ortho intramolecular Hbond substituents is 1. The van der Waals surface area contributed by atoms with Crippen LogP contribution in [0.1, 0.15) is 31.9 Å². The molecule has 116 valence electrons. The predicted octanol–water partition coefficient (Wildman–Crippen LogP) is 5.28. The van der Waals surface area contributed by atoms with Crippen LogP contribution in [0.15, 0.2) is 48.5 Å². The smallest absolute Gasteiger partial charge is 0.115 e. The molecular formula is C20H26OSi. The van der Waals surface area contributed by atoms with Gasteiger partial charge in [-0.3, -0.25) is 0 Å². The lowest BCUT2D eigenvalue weighted by Crippen LogP contribution is -2.50. The van der Waals surface area contributed by atoms with Gasteiger partial charge in [-0.25, -0.2) is 0 Å². The van der Waals surface area contributed by atoms with Gasteiger partial charge in [0.1, 0.15) is 5.75 Å². The molecule has 0 amide bonds. The Labute approximate surface area is 135 Å². The molecule has 1 nitrogen and oxygen atoms in total. The topological polar surface area (TPSA) is 20.2 Å². The summed E-state index contributed by atoms with van der Waals surface area (Å²) in [4.78, 5) is 0. The van der Waals surface area contributed by atoms with E-state index < -0.39 is 8.07 Å². The van der Waals surface area contributed by atoms with Gasteiger partial charge in [-0.1, -0.05) is 88.5 Å². The van der Waals surface area contributed by atoms with Crippen LogP contribution in [-0.2, 0) is 0 Å². The lowest BCUT2D eigenvalue weighted by Gasteiger charge is -2.38. The Hall–Kier alpha value is -1.80. The molecule has 0 saturated carbocycles. The molecule has 0 aliphatic heterocycles. The Bertz CT molecular complexity index is 664. The van der Waals surface area contributed by atoms with Gasteiger partial charge in [0.15, 0.2) is 0 Å². The van der Waals surface area contributed by atoms with Crippen molar-refractivity contribution in [2.45, 2.75) is 38.9 Å². The lowest BCUT2D eigenvalue weighted by molar-refractivity contribution is 0.478. The number of phenols is 1. The van der Waals surface area contributed by atoms with E-state index in [1.54, 1.807) is 0 Å². The van der Waals surface area contributed by atoms with Crippen molar-refractivity contribution in [3.05, 3.63) is 59.7 Å². The van der Waals surface area contributed by atoms with E-state index in [2.05, 4.69) is 64.2 Å². The van der Waals surface area contributed by atoms with Crippen molar-refractivity contribution in [2.24, 2.45) is 0 Å². The fourth-order valence-electron chi connectivity index (χ4n) is 2.50. The maximum atomic E-state index is 10.5. The minimum atomic E-state index is -1.81. The first-order valence-corrected chi connectivity index (χ1v) is 10.8. The zero-order valence-corrected chi connectivity index (χ0v) is 15.2. The van der Waals surface area contributed by atoms with Crippen molar-refractivity contribution < 1.29 is 5.11 Å². The summed E-state index contributed by atoms with van der Waals surface area (Å²) in [5.41, 5.74) is 2.31. The van der Waals surface area contributed by atoms with Gasteiger partial charge in [-0.2, -0.15) is 0 Å². The van der Waals surface area contributed by atoms with Crippen LogP contribution in [0.4, 0.5) is 0 Å². The summed E-state index contributed by atoms with van der Waals surface area (Å²) in [6, 6.07) is 16.1. The molecule has 0 aliphatic rings.